The summed E-state index contributed by atoms with van der Waals surface area (Å²) in [6, 6.07) is 10.5. The SMILES string of the molecule is CCC(=O)N1CCC[C@@H]1[C@@H]1CCCN1CC[S@@](=O)c1ccccc1. The monoisotopic (exact) mass is 348 g/mol. The maximum absolute atomic E-state index is 12.5. The molecule has 0 radical (unpaired) electrons. The summed E-state index contributed by atoms with van der Waals surface area (Å²) in [5.41, 5.74) is 0. The van der Waals surface area contributed by atoms with Gasteiger partial charge in [-0.15, -0.1) is 0 Å². The summed E-state index contributed by atoms with van der Waals surface area (Å²) in [6.07, 6.45) is 5.19. The normalized spacial score (nSPS) is 26.0. The third-order valence-corrected chi connectivity index (χ3v) is 6.70. The van der Waals surface area contributed by atoms with E-state index in [-0.39, 0.29) is 5.91 Å². The standard InChI is InChI=1S/C19H28N2O2S/c1-2-19(22)21-13-7-11-18(21)17-10-6-12-20(17)14-15-24(23)16-8-4-3-5-9-16/h3-5,8-9,17-18H,2,6-7,10-15H2,1H3/t17-,18+,24+/m0/s1. The van der Waals surface area contributed by atoms with Crippen LogP contribution in [0.1, 0.15) is 39.0 Å². The van der Waals surface area contributed by atoms with Crippen LogP contribution in [0.5, 0.6) is 0 Å². The predicted molar refractivity (Wildman–Crippen MR) is 97.3 cm³/mol. The van der Waals surface area contributed by atoms with E-state index in [2.05, 4.69) is 9.80 Å². The Hall–Kier alpha value is -1.20. The second-order valence-corrected chi connectivity index (χ2v) is 8.33. The fourth-order valence-corrected chi connectivity index (χ4v) is 5.26. The van der Waals surface area contributed by atoms with E-state index >= 15 is 0 Å². The first-order valence-electron chi connectivity index (χ1n) is 9.17. The molecule has 4 nitrogen and oxygen atoms in total. The number of rotatable bonds is 6. The predicted octanol–water partition coefficient (Wildman–Crippen LogP) is 2.66. The highest BCUT2D eigenvalue weighted by Gasteiger charge is 2.39. The molecule has 5 heteroatoms. The topological polar surface area (TPSA) is 40.6 Å². The van der Waals surface area contributed by atoms with Gasteiger partial charge in [-0.05, 0) is 44.4 Å². The number of hydrogen-bond donors (Lipinski definition) is 0. The highest BCUT2D eigenvalue weighted by Crippen LogP contribution is 2.30. The van der Waals surface area contributed by atoms with Gasteiger partial charge >= 0.3 is 0 Å². The van der Waals surface area contributed by atoms with Gasteiger partial charge in [0.05, 0.1) is 10.8 Å². The van der Waals surface area contributed by atoms with Gasteiger partial charge in [0.2, 0.25) is 5.91 Å². The van der Waals surface area contributed by atoms with Crippen molar-refractivity contribution in [3.8, 4) is 0 Å². The quantitative estimate of drug-likeness (QED) is 0.793. The van der Waals surface area contributed by atoms with Gasteiger partial charge in [-0.25, -0.2) is 0 Å². The van der Waals surface area contributed by atoms with Gasteiger partial charge in [0.25, 0.3) is 0 Å². The fraction of sp³-hybridized carbons (Fsp3) is 0.632. The molecule has 0 aliphatic carbocycles. The second-order valence-electron chi connectivity index (χ2n) is 6.76. The lowest BCUT2D eigenvalue weighted by Crippen LogP contribution is -2.48. The number of carbonyl (C=O) groups excluding carboxylic acids is 1. The molecule has 0 saturated carbocycles. The van der Waals surface area contributed by atoms with Crippen molar-refractivity contribution in [2.75, 3.05) is 25.4 Å². The zero-order valence-corrected chi connectivity index (χ0v) is 15.3. The molecule has 2 aliphatic rings. The molecule has 2 heterocycles. The Labute approximate surface area is 147 Å². The maximum atomic E-state index is 12.5. The highest BCUT2D eigenvalue weighted by molar-refractivity contribution is 7.85. The van der Waals surface area contributed by atoms with Crippen LogP contribution in [-0.2, 0) is 15.6 Å². The third kappa shape index (κ3) is 3.89. The van der Waals surface area contributed by atoms with E-state index < -0.39 is 10.8 Å². The Kier molecular flexibility index (Phi) is 6.06. The summed E-state index contributed by atoms with van der Waals surface area (Å²) in [7, 11) is -0.937. The average Bonchev–Trinajstić information content (AvgIpc) is 3.28. The molecule has 0 unspecified atom stereocenters. The van der Waals surface area contributed by atoms with E-state index in [9.17, 15) is 9.00 Å². The van der Waals surface area contributed by atoms with Crippen molar-refractivity contribution in [3.63, 3.8) is 0 Å². The van der Waals surface area contributed by atoms with Crippen LogP contribution in [-0.4, -0.2) is 57.4 Å². The van der Waals surface area contributed by atoms with Gasteiger partial charge < -0.3 is 4.90 Å². The van der Waals surface area contributed by atoms with Crippen LogP contribution in [0.25, 0.3) is 0 Å². The molecule has 0 bridgehead atoms. The number of benzene rings is 1. The molecular weight excluding hydrogens is 320 g/mol. The molecule has 24 heavy (non-hydrogen) atoms. The Balaban J connectivity index is 1.59. The molecule has 2 saturated heterocycles. The molecule has 1 aromatic rings. The van der Waals surface area contributed by atoms with Crippen LogP contribution in [0, 0.1) is 0 Å². The minimum atomic E-state index is -0.937. The lowest BCUT2D eigenvalue weighted by molar-refractivity contribution is -0.132. The summed E-state index contributed by atoms with van der Waals surface area (Å²) in [4.78, 5) is 17.7. The summed E-state index contributed by atoms with van der Waals surface area (Å²) >= 11 is 0. The molecule has 1 aromatic carbocycles. The lowest BCUT2D eigenvalue weighted by Gasteiger charge is -2.35. The van der Waals surface area contributed by atoms with Crippen molar-refractivity contribution in [3.05, 3.63) is 30.3 Å². The molecule has 2 fully saturated rings. The molecule has 3 atom stereocenters. The minimum Gasteiger partial charge on any atom is -0.338 e. The van der Waals surface area contributed by atoms with Gasteiger partial charge in [-0.1, -0.05) is 25.1 Å². The zero-order valence-electron chi connectivity index (χ0n) is 14.5. The van der Waals surface area contributed by atoms with E-state index in [4.69, 9.17) is 0 Å². The number of hydrogen-bond acceptors (Lipinski definition) is 3. The van der Waals surface area contributed by atoms with Gasteiger partial charge in [-0.3, -0.25) is 13.9 Å². The molecule has 2 aliphatic heterocycles. The molecular formula is C19H28N2O2S. The number of nitrogens with zero attached hydrogens (tertiary/aromatic N) is 2. The Morgan fingerprint density at radius 2 is 1.83 bits per heavy atom. The summed E-state index contributed by atoms with van der Waals surface area (Å²) in [5.74, 6) is 0.965. The summed E-state index contributed by atoms with van der Waals surface area (Å²) < 4.78 is 12.5. The van der Waals surface area contributed by atoms with Crippen LogP contribution in [0.3, 0.4) is 0 Å². The molecule has 0 spiro atoms. The van der Waals surface area contributed by atoms with Gasteiger partial charge in [-0.2, -0.15) is 0 Å². The fourth-order valence-electron chi connectivity index (χ4n) is 4.16. The Morgan fingerprint density at radius 1 is 1.12 bits per heavy atom. The first-order chi connectivity index (χ1) is 11.7. The minimum absolute atomic E-state index is 0.289. The second kappa shape index (κ2) is 8.26. The average molecular weight is 349 g/mol. The van der Waals surface area contributed by atoms with Crippen LogP contribution in [0.15, 0.2) is 35.2 Å². The first-order valence-corrected chi connectivity index (χ1v) is 10.5. The smallest absolute Gasteiger partial charge is 0.222 e. The zero-order chi connectivity index (χ0) is 16.9. The van der Waals surface area contributed by atoms with Crippen molar-refractivity contribution in [2.45, 2.75) is 56.0 Å². The van der Waals surface area contributed by atoms with Crippen molar-refractivity contribution < 1.29 is 9.00 Å². The van der Waals surface area contributed by atoms with Crippen LogP contribution < -0.4 is 0 Å². The summed E-state index contributed by atoms with van der Waals surface area (Å²) in [6.45, 7) is 4.79. The van der Waals surface area contributed by atoms with E-state index in [1.807, 2.05) is 37.3 Å². The van der Waals surface area contributed by atoms with Gasteiger partial charge in [0.15, 0.2) is 0 Å². The van der Waals surface area contributed by atoms with Crippen molar-refractivity contribution >= 4 is 16.7 Å². The van der Waals surface area contributed by atoms with E-state index in [1.54, 1.807) is 0 Å². The first kappa shape index (κ1) is 17.6. The van der Waals surface area contributed by atoms with Gasteiger partial charge in [0, 0.05) is 42.2 Å². The van der Waals surface area contributed by atoms with E-state index in [1.165, 1.54) is 6.42 Å². The Bertz CT molecular complexity index is 578. The number of carbonyl (C=O) groups is 1. The van der Waals surface area contributed by atoms with E-state index in [0.717, 1.165) is 43.8 Å². The van der Waals surface area contributed by atoms with Crippen molar-refractivity contribution in [1.82, 2.24) is 9.80 Å². The number of amides is 1. The van der Waals surface area contributed by atoms with Crippen LogP contribution >= 0.6 is 0 Å². The Morgan fingerprint density at radius 3 is 2.58 bits per heavy atom. The van der Waals surface area contributed by atoms with Crippen molar-refractivity contribution in [1.29, 1.82) is 0 Å². The number of likely N-dealkylation sites (tertiary alicyclic amines) is 2. The lowest BCUT2D eigenvalue weighted by atomic mass is 10.0. The third-order valence-electron chi connectivity index (χ3n) is 5.35. The van der Waals surface area contributed by atoms with E-state index in [0.29, 0.717) is 24.3 Å². The highest BCUT2D eigenvalue weighted by atomic mass is 32.2. The molecule has 3 rings (SSSR count). The molecule has 1 amide bonds. The van der Waals surface area contributed by atoms with Crippen LogP contribution in [0.4, 0.5) is 0 Å². The van der Waals surface area contributed by atoms with Crippen molar-refractivity contribution in [2.24, 2.45) is 0 Å². The molecule has 132 valence electrons. The molecule has 0 N–H and O–H groups in total. The molecule has 0 aromatic heterocycles. The van der Waals surface area contributed by atoms with Crippen LogP contribution in [0.2, 0.25) is 0 Å². The van der Waals surface area contributed by atoms with Gasteiger partial charge in [0.1, 0.15) is 0 Å². The largest absolute Gasteiger partial charge is 0.338 e. The maximum Gasteiger partial charge on any atom is 0.222 e. The summed E-state index contributed by atoms with van der Waals surface area (Å²) in [5, 5.41) is 0.